The molecule has 80 valence electrons. The van der Waals surface area contributed by atoms with Gasteiger partial charge in [-0.3, -0.25) is 0 Å². The lowest BCUT2D eigenvalue weighted by atomic mass is 10.2. The van der Waals surface area contributed by atoms with Crippen molar-refractivity contribution in [3.63, 3.8) is 0 Å². The number of hydrogen-bond acceptors (Lipinski definition) is 5. The third kappa shape index (κ3) is 2.51. The van der Waals surface area contributed by atoms with Gasteiger partial charge < -0.3 is 15.3 Å². The maximum atomic E-state index is 8.41. The SMILES string of the molecule is ON=Cc1cccc(C2CNCCO2)n1. The van der Waals surface area contributed by atoms with Crippen LogP contribution in [0.25, 0.3) is 0 Å². The predicted molar refractivity (Wildman–Crippen MR) is 55.2 cm³/mol. The van der Waals surface area contributed by atoms with Crippen LogP contribution < -0.4 is 5.32 Å². The lowest BCUT2D eigenvalue weighted by Crippen LogP contribution is -2.33. The molecule has 1 saturated heterocycles. The first-order chi connectivity index (χ1) is 7.40. The van der Waals surface area contributed by atoms with Crippen LogP contribution in [-0.2, 0) is 4.74 Å². The molecule has 0 aromatic carbocycles. The molecule has 0 radical (unpaired) electrons. The molecule has 1 aliphatic rings. The third-order valence-electron chi connectivity index (χ3n) is 2.24. The normalized spacial score (nSPS) is 22.0. The molecule has 1 aromatic rings. The Bertz CT molecular complexity index is 348. The summed E-state index contributed by atoms with van der Waals surface area (Å²) in [6, 6.07) is 5.56. The van der Waals surface area contributed by atoms with Crippen molar-refractivity contribution in [3.8, 4) is 0 Å². The number of nitrogens with one attached hydrogen (secondary N) is 1. The first kappa shape index (κ1) is 10.1. The minimum absolute atomic E-state index is 0.00853. The van der Waals surface area contributed by atoms with Gasteiger partial charge in [0.1, 0.15) is 6.10 Å². The molecule has 1 unspecified atom stereocenters. The summed E-state index contributed by atoms with van der Waals surface area (Å²) in [7, 11) is 0. The Morgan fingerprint density at radius 1 is 1.60 bits per heavy atom. The van der Waals surface area contributed by atoms with Crippen LogP contribution in [0.15, 0.2) is 23.4 Å². The highest BCUT2D eigenvalue weighted by Crippen LogP contribution is 2.16. The summed E-state index contributed by atoms with van der Waals surface area (Å²) < 4.78 is 5.57. The largest absolute Gasteiger partial charge is 0.411 e. The van der Waals surface area contributed by atoms with Crippen molar-refractivity contribution in [2.24, 2.45) is 5.16 Å². The summed E-state index contributed by atoms with van der Waals surface area (Å²) in [6.07, 6.45) is 1.30. The Labute approximate surface area is 87.8 Å². The van der Waals surface area contributed by atoms with Crippen molar-refractivity contribution < 1.29 is 9.94 Å². The number of aromatic nitrogens is 1. The molecule has 1 aromatic heterocycles. The maximum absolute atomic E-state index is 8.41. The highest BCUT2D eigenvalue weighted by molar-refractivity contribution is 5.76. The molecule has 5 heteroatoms. The van der Waals surface area contributed by atoms with Crippen molar-refractivity contribution in [1.82, 2.24) is 10.3 Å². The number of nitrogens with zero attached hydrogens (tertiary/aromatic N) is 2. The van der Waals surface area contributed by atoms with E-state index in [4.69, 9.17) is 9.94 Å². The van der Waals surface area contributed by atoms with Gasteiger partial charge in [0.05, 0.1) is 24.2 Å². The highest BCUT2D eigenvalue weighted by atomic mass is 16.5. The van der Waals surface area contributed by atoms with E-state index in [9.17, 15) is 0 Å². The highest BCUT2D eigenvalue weighted by Gasteiger charge is 2.16. The van der Waals surface area contributed by atoms with Crippen molar-refractivity contribution in [3.05, 3.63) is 29.6 Å². The van der Waals surface area contributed by atoms with Crippen LogP contribution in [0.3, 0.4) is 0 Å². The lowest BCUT2D eigenvalue weighted by molar-refractivity contribution is 0.0250. The van der Waals surface area contributed by atoms with E-state index in [0.29, 0.717) is 12.3 Å². The molecule has 2 heterocycles. The first-order valence-corrected chi connectivity index (χ1v) is 4.87. The fraction of sp³-hybridized carbons (Fsp3) is 0.400. The molecule has 0 aliphatic carbocycles. The van der Waals surface area contributed by atoms with Gasteiger partial charge in [-0.15, -0.1) is 0 Å². The van der Waals surface area contributed by atoms with Gasteiger partial charge >= 0.3 is 0 Å². The molecule has 15 heavy (non-hydrogen) atoms. The van der Waals surface area contributed by atoms with Crippen LogP contribution in [0.1, 0.15) is 17.5 Å². The van der Waals surface area contributed by atoms with Crippen LogP contribution in [0.5, 0.6) is 0 Å². The number of ether oxygens (including phenoxy) is 1. The van der Waals surface area contributed by atoms with Crippen LogP contribution in [0, 0.1) is 0 Å². The topological polar surface area (TPSA) is 66.7 Å². The van der Waals surface area contributed by atoms with E-state index in [1.807, 2.05) is 12.1 Å². The molecule has 0 amide bonds. The summed E-state index contributed by atoms with van der Waals surface area (Å²) in [5.41, 5.74) is 1.49. The number of morpholine rings is 1. The Kier molecular flexibility index (Phi) is 3.26. The number of rotatable bonds is 2. The van der Waals surface area contributed by atoms with Crippen molar-refractivity contribution in [2.45, 2.75) is 6.10 Å². The van der Waals surface area contributed by atoms with Gasteiger partial charge in [-0.1, -0.05) is 11.2 Å². The minimum atomic E-state index is -0.00853. The average Bonchev–Trinajstić information content (AvgIpc) is 2.31. The molecule has 2 N–H and O–H groups in total. The number of pyridine rings is 1. The van der Waals surface area contributed by atoms with Crippen LogP contribution >= 0.6 is 0 Å². The molecule has 1 fully saturated rings. The second kappa shape index (κ2) is 4.86. The van der Waals surface area contributed by atoms with Crippen molar-refractivity contribution >= 4 is 6.21 Å². The lowest BCUT2D eigenvalue weighted by Gasteiger charge is -2.23. The fourth-order valence-corrected chi connectivity index (χ4v) is 1.53. The van der Waals surface area contributed by atoms with Crippen LogP contribution in [0.2, 0.25) is 0 Å². The van der Waals surface area contributed by atoms with Gasteiger partial charge in [-0.05, 0) is 12.1 Å². The summed E-state index contributed by atoms with van der Waals surface area (Å²) in [6.45, 7) is 2.35. The van der Waals surface area contributed by atoms with Gasteiger partial charge in [0, 0.05) is 13.1 Å². The monoisotopic (exact) mass is 207 g/mol. The molecule has 1 atom stereocenters. The first-order valence-electron chi connectivity index (χ1n) is 4.87. The number of oxime groups is 1. The zero-order chi connectivity index (χ0) is 10.5. The second-order valence-corrected chi connectivity index (χ2v) is 3.30. The molecule has 2 rings (SSSR count). The average molecular weight is 207 g/mol. The van der Waals surface area contributed by atoms with E-state index in [0.717, 1.165) is 18.8 Å². The van der Waals surface area contributed by atoms with Gasteiger partial charge in [-0.2, -0.15) is 0 Å². The molecule has 0 saturated carbocycles. The minimum Gasteiger partial charge on any atom is -0.411 e. The van der Waals surface area contributed by atoms with Crippen LogP contribution in [-0.4, -0.2) is 36.1 Å². The van der Waals surface area contributed by atoms with Crippen molar-refractivity contribution in [2.75, 3.05) is 19.7 Å². The van der Waals surface area contributed by atoms with Gasteiger partial charge in [-0.25, -0.2) is 4.98 Å². The van der Waals surface area contributed by atoms with Gasteiger partial charge in [0.2, 0.25) is 0 Å². The van der Waals surface area contributed by atoms with Gasteiger partial charge in [0.25, 0.3) is 0 Å². The third-order valence-corrected chi connectivity index (χ3v) is 2.24. The van der Waals surface area contributed by atoms with Crippen molar-refractivity contribution in [1.29, 1.82) is 0 Å². The summed E-state index contributed by atoms with van der Waals surface area (Å²) >= 11 is 0. The number of hydrogen-bond donors (Lipinski definition) is 2. The zero-order valence-corrected chi connectivity index (χ0v) is 8.26. The standard InChI is InChI=1S/C10H13N3O2/c14-12-6-8-2-1-3-9(13-8)10-7-11-4-5-15-10/h1-3,6,10-11,14H,4-5,7H2. The van der Waals surface area contributed by atoms with E-state index in [2.05, 4.69) is 15.5 Å². The maximum Gasteiger partial charge on any atom is 0.112 e. The summed E-state index contributed by atoms with van der Waals surface area (Å²) in [5.74, 6) is 0. The van der Waals surface area contributed by atoms with E-state index >= 15 is 0 Å². The Balaban J connectivity index is 2.15. The van der Waals surface area contributed by atoms with E-state index in [1.54, 1.807) is 6.07 Å². The van der Waals surface area contributed by atoms with E-state index in [-0.39, 0.29) is 6.10 Å². The smallest absolute Gasteiger partial charge is 0.112 e. The quantitative estimate of drug-likeness (QED) is 0.422. The predicted octanol–water partition coefficient (Wildman–Crippen LogP) is 0.551. The molecule has 5 nitrogen and oxygen atoms in total. The Morgan fingerprint density at radius 3 is 3.27 bits per heavy atom. The molecule has 1 aliphatic heterocycles. The molecular weight excluding hydrogens is 194 g/mol. The molecular formula is C10H13N3O2. The fourth-order valence-electron chi connectivity index (χ4n) is 1.53. The Morgan fingerprint density at radius 2 is 2.53 bits per heavy atom. The van der Waals surface area contributed by atoms with E-state index < -0.39 is 0 Å². The zero-order valence-electron chi connectivity index (χ0n) is 8.26. The van der Waals surface area contributed by atoms with Crippen LogP contribution in [0.4, 0.5) is 0 Å². The van der Waals surface area contributed by atoms with Gasteiger partial charge in [0.15, 0.2) is 0 Å². The Hall–Kier alpha value is -1.46. The van der Waals surface area contributed by atoms with E-state index in [1.165, 1.54) is 6.21 Å². The summed E-state index contributed by atoms with van der Waals surface area (Å²) in [4.78, 5) is 4.31. The second-order valence-electron chi connectivity index (χ2n) is 3.30. The molecule has 0 bridgehead atoms. The molecule has 0 spiro atoms. The summed E-state index contributed by atoms with van der Waals surface area (Å²) in [5, 5.41) is 14.6.